The summed E-state index contributed by atoms with van der Waals surface area (Å²) in [6.07, 6.45) is 0.850. The zero-order valence-electron chi connectivity index (χ0n) is 15.9. The Morgan fingerprint density at radius 2 is 1.89 bits per heavy atom. The summed E-state index contributed by atoms with van der Waals surface area (Å²) in [5.41, 5.74) is 2.20. The number of benzene rings is 2. The van der Waals surface area contributed by atoms with Crippen molar-refractivity contribution in [2.24, 2.45) is 4.99 Å². The van der Waals surface area contributed by atoms with E-state index >= 15 is 0 Å². The Labute approximate surface area is 159 Å². The Hall–Kier alpha value is -3.09. The van der Waals surface area contributed by atoms with Crippen LogP contribution in [-0.4, -0.2) is 40.6 Å². The van der Waals surface area contributed by atoms with Crippen molar-refractivity contribution in [3.8, 4) is 23.0 Å². The van der Waals surface area contributed by atoms with Crippen LogP contribution in [-0.2, 0) is 13.0 Å². The molecule has 1 aliphatic rings. The van der Waals surface area contributed by atoms with Gasteiger partial charge >= 0.3 is 0 Å². The number of ether oxygens (including phenoxy) is 4. The summed E-state index contributed by atoms with van der Waals surface area (Å²) >= 11 is 0. The minimum absolute atomic E-state index is 0.294. The molecule has 0 radical (unpaired) electrons. The SMILES string of the molecule is CN=C(NCCc1ccc2c(c1)OCO2)NCc1ccc(OC)cc1OC. The first-order chi connectivity index (χ1) is 13.2. The quantitative estimate of drug-likeness (QED) is 0.575. The zero-order chi connectivity index (χ0) is 19.1. The van der Waals surface area contributed by atoms with Gasteiger partial charge in [0.15, 0.2) is 17.5 Å². The predicted molar refractivity (Wildman–Crippen MR) is 104 cm³/mol. The Morgan fingerprint density at radius 3 is 2.67 bits per heavy atom. The van der Waals surface area contributed by atoms with Crippen molar-refractivity contribution < 1.29 is 18.9 Å². The van der Waals surface area contributed by atoms with Crippen LogP contribution >= 0.6 is 0 Å². The van der Waals surface area contributed by atoms with Crippen LogP contribution in [0.5, 0.6) is 23.0 Å². The number of nitrogens with one attached hydrogen (secondary N) is 2. The van der Waals surface area contributed by atoms with Gasteiger partial charge in [0.25, 0.3) is 0 Å². The third-order valence-corrected chi connectivity index (χ3v) is 4.31. The van der Waals surface area contributed by atoms with Gasteiger partial charge in [-0.1, -0.05) is 6.07 Å². The van der Waals surface area contributed by atoms with Crippen molar-refractivity contribution in [1.82, 2.24) is 10.6 Å². The average molecular weight is 371 g/mol. The predicted octanol–water partition coefficient (Wildman–Crippen LogP) is 2.34. The van der Waals surface area contributed by atoms with Crippen LogP contribution in [0.15, 0.2) is 41.4 Å². The van der Waals surface area contributed by atoms with Gasteiger partial charge in [-0.3, -0.25) is 4.99 Å². The molecule has 27 heavy (non-hydrogen) atoms. The molecule has 3 rings (SSSR count). The fourth-order valence-electron chi connectivity index (χ4n) is 2.82. The topological polar surface area (TPSA) is 73.3 Å². The first kappa shape index (κ1) is 18.7. The summed E-state index contributed by atoms with van der Waals surface area (Å²) in [6.45, 7) is 1.64. The van der Waals surface area contributed by atoms with Crippen molar-refractivity contribution >= 4 is 5.96 Å². The largest absolute Gasteiger partial charge is 0.497 e. The van der Waals surface area contributed by atoms with Crippen LogP contribution < -0.4 is 29.6 Å². The third-order valence-electron chi connectivity index (χ3n) is 4.31. The summed E-state index contributed by atoms with van der Waals surface area (Å²) in [6, 6.07) is 11.8. The second-order valence-electron chi connectivity index (χ2n) is 5.97. The lowest BCUT2D eigenvalue weighted by atomic mass is 10.1. The first-order valence-electron chi connectivity index (χ1n) is 8.77. The van der Waals surface area contributed by atoms with Crippen molar-refractivity contribution in [3.05, 3.63) is 47.5 Å². The lowest BCUT2D eigenvalue weighted by molar-refractivity contribution is 0.174. The maximum atomic E-state index is 5.43. The molecule has 0 amide bonds. The standard InChI is InChI=1S/C20H25N3O4/c1-21-20(23-12-15-5-6-16(24-2)11-18(15)25-3)22-9-8-14-4-7-17-19(10-14)27-13-26-17/h4-7,10-11H,8-9,12-13H2,1-3H3,(H2,21,22,23). The second kappa shape index (κ2) is 9.02. The monoisotopic (exact) mass is 371 g/mol. The molecule has 0 fully saturated rings. The van der Waals surface area contributed by atoms with Crippen molar-refractivity contribution in [2.75, 3.05) is 34.6 Å². The van der Waals surface area contributed by atoms with E-state index in [1.807, 2.05) is 36.4 Å². The maximum absolute atomic E-state index is 5.43. The normalized spacial score (nSPS) is 12.6. The van der Waals surface area contributed by atoms with E-state index in [1.54, 1.807) is 21.3 Å². The zero-order valence-corrected chi connectivity index (χ0v) is 15.9. The minimum Gasteiger partial charge on any atom is -0.497 e. The van der Waals surface area contributed by atoms with E-state index in [4.69, 9.17) is 18.9 Å². The van der Waals surface area contributed by atoms with Crippen LogP contribution in [0.1, 0.15) is 11.1 Å². The highest BCUT2D eigenvalue weighted by molar-refractivity contribution is 5.79. The molecular weight excluding hydrogens is 346 g/mol. The van der Waals surface area contributed by atoms with Crippen LogP contribution in [0.2, 0.25) is 0 Å². The Balaban J connectivity index is 1.50. The van der Waals surface area contributed by atoms with E-state index in [2.05, 4.69) is 15.6 Å². The third kappa shape index (κ3) is 4.75. The summed E-state index contributed by atoms with van der Waals surface area (Å²) in [4.78, 5) is 4.27. The fraction of sp³-hybridized carbons (Fsp3) is 0.350. The van der Waals surface area contributed by atoms with Crippen LogP contribution in [0.25, 0.3) is 0 Å². The fourth-order valence-corrected chi connectivity index (χ4v) is 2.82. The average Bonchev–Trinajstić information content (AvgIpc) is 3.18. The minimum atomic E-state index is 0.294. The van der Waals surface area contributed by atoms with Crippen LogP contribution in [0, 0.1) is 0 Å². The summed E-state index contributed by atoms with van der Waals surface area (Å²) in [5.74, 6) is 3.88. The van der Waals surface area contributed by atoms with Crippen molar-refractivity contribution in [2.45, 2.75) is 13.0 Å². The van der Waals surface area contributed by atoms with Gasteiger partial charge in [-0.15, -0.1) is 0 Å². The molecule has 0 atom stereocenters. The molecule has 144 valence electrons. The molecule has 0 aliphatic carbocycles. The van der Waals surface area contributed by atoms with E-state index in [0.717, 1.165) is 47.5 Å². The molecule has 0 saturated heterocycles. The number of rotatable bonds is 7. The molecule has 0 unspecified atom stereocenters. The van der Waals surface area contributed by atoms with Gasteiger partial charge < -0.3 is 29.6 Å². The maximum Gasteiger partial charge on any atom is 0.231 e. The second-order valence-corrected chi connectivity index (χ2v) is 5.97. The van der Waals surface area contributed by atoms with Gasteiger partial charge in [0.05, 0.1) is 14.2 Å². The molecule has 2 aromatic rings. The molecule has 1 aliphatic heterocycles. The van der Waals surface area contributed by atoms with Gasteiger partial charge in [-0.2, -0.15) is 0 Å². The van der Waals surface area contributed by atoms with Crippen molar-refractivity contribution in [1.29, 1.82) is 0 Å². The number of methoxy groups -OCH3 is 2. The van der Waals surface area contributed by atoms with Gasteiger partial charge in [0.2, 0.25) is 6.79 Å². The molecule has 7 heteroatoms. The summed E-state index contributed by atoms with van der Waals surface area (Å²) in [7, 11) is 5.04. The molecule has 2 N–H and O–H groups in total. The Kier molecular flexibility index (Phi) is 6.25. The lowest BCUT2D eigenvalue weighted by Gasteiger charge is -2.14. The highest BCUT2D eigenvalue weighted by atomic mass is 16.7. The number of aliphatic imine (C=N–C) groups is 1. The summed E-state index contributed by atoms with van der Waals surface area (Å²) in [5, 5.41) is 6.62. The number of guanidine groups is 1. The number of hydrogen-bond donors (Lipinski definition) is 2. The van der Waals surface area contributed by atoms with E-state index in [0.29, 0.717) is 13.3 Å². The van der Waals surface area contributed by atoms with Gasteiger partial charge in [-0.25, -0.2) is 0 Å². The highest BCUT2D eigenvalue weighted by Crippen LogP contribution is 2.32. The smallest absolute Gasteiger partial charge is 0.231 e. The van der Waals surface area contributed by atoms with E-state index in [-0.39, 0.29) is 0 Å². The van der Waals surface area contributed by atoms with Gasteiger partial charge in [0, 0.05) is 31.8 Å². The molecular formula is C20H25N3O4. The molecule has 2 aromatic carbocycles. The van der Waals surface area contributed by atoms with Crippen LogP contribution in [0.3, 0.4) is 0 Å². The Bertz CT molecular complexity index is 808. The highest BCUT2D eigenvalue weighted by Gasteiger charge is 2.13. The molecule has 0 aromatic heterocycles. The number of nitrogens with zero attached hydrogens (tertiary/aromatic N) is 1. The van der Waals surface area contributed by atoms with Crippen molar-refractivity contribution in [3.63, 3.8) is 0 Å². The van der Waals surface area contributed by atoms with Crippen LogP contribution in [0.4, 0.5) is 0 Å². The molecule has 0 saturated carbocycles. The molecule has 0 spiro atoms. The summed E-state index contributed by atoms with van der Waals surface area (Å²) < 4.78 is 21.4. The van der Waals surface area contributed by atoms with E-state index in [1.165, 1.54) is 5.56 Å². The van der Waals surface area contributed by atoms with Gasteiger partial charge in [0.1, 0.15) is 11.5 Å². The van der Waals surface area contributed by atoms with E-state index < -0.39 is 0 Å². The van der Waals surface area contributed by atoms with E-state index in [9.17, 15) is 0 Å². The first-order valence-corrected chi connectivity index (χ1v) is 8.77. The molecule has 7 nitrogen and oxygen atoms in total. The Morgan fingerprint density at radius 1 is 1.04 bits per heavy atom. The van der Waals surface area contributed by atoms with Gasteiger partial charge in [-0.05, 0) is 36.2 Å². The number of hydrogen-bond acceptors (Lipinski definition) is 5. The molecule has 1 heterocycles. The lowest BCUT2D eigenvalue weighted by Crippen LogP contribution is -2.37. The molecule has 0 bridgehead atoms. The number of fused-ring (bicyclic) bond motifs is 1.